The van der Waals surface area contributed by atoms with Crippen molar-refractivity contribution in [3.63, 3.8) is 0 Å². The van der Waals surface area contributed by atoms with Gasteiger partial charge in [0, 0.05) is 25.7 Å². The molecule has 0 aromatic rings. The Kier molecular flexibility index (Phi) is 5.66. The lowest BCUT2D eigenvalue weighted by atomic mass is 10.1. The summed E-state index contributed by atoms with van der Waals surface area (Å²) in [6.07, 6.45) is 6.67. The van der Waals surface area contributed by atoms with E-state index in [-0.39, 0.29) is 0 Å². The van der Waals surface area contributed by atoms with E-state index in [4.69, 9.17) is 0 Å². The predicted molar refractivity (Wildman–Crippen MR) is 67.0 cm³/mol. The lowest BCUT2D eigenvalue weighted by Crippen LogP contribution is -2.34. The highest BCUT2D eigenvalue weighted by molar-refractivity contribution is 4.83. The summed E-state index contributed by atoms with van der Waals surface area (Å²) in [4.78, 5) is 2.37. The van der Waals surface area contributed by atoms with Crippen LogP contribution < -0.4 is 5.32 Å². The number of rotatable bonds is 9. The van der Waals surface area contributed by atoms with Gasteiger partial charge in [-0.05, 0) is 25.3 Å². The second-order valence-electron chi connectivity index (χ2n) is 4.58. The molecule has 0 spiro atoms. The molecule has 0 heterocycles. The van der Waals surface area contributed by atoms with E-state index in [0.717, 1.165) is 32.2 Å². The van der Waals surface area contributed by atoms with Crippen LogP contribution in [0.5, 0.6) is 0 Å². The van der Waals surface area contributed by atoms with Crippen LogP contribution in [0.3, 0.4) is 0 Å². The quantitative estimate of drug-likeness (QED) is 0.583. The van der Waals surface area contributed by atoms with Crippen molar-refractivity contribution in [2.75, 3.05) is 26.2 Å². The van der Waals surface area contributed by atoms with Crippen molar-refractivity contribution < 1.29 is 0 Å². The molecule has 1 rings (SSSR count). The first kappa shape index (κ1) is 12.5. The molecule has 1 unspecified atom stereocenters. The van der Waals surface area contributed by atoms with Gasteiger partial charge in [-0.15, -0.1) is 13.2 Å². The van der Waals surface area contributed by atoms with Gasteiger partial charge >= 0.3 is 0 Å². The molecule has 1 aliphatic carbocycles. The largest absolute Gasteiger partial charge is 0.314 e. The van der Waals surface area contributed by atoms with E-state index in [0.29, 0.717) is 5.92 Å². The Morgan fingerprint density at radius 3 is 2.40 bits per heavy atom. The van der Waals surface area contributed by atoms with Crippen LogP contribution >= 0.6 is 0 Å². The first-order valence-electron chi connectivity index (χ1n) is 5.93. The summed E-state index contributed by atoms with van der Waals surface area (Å²) in [7, 11) is 0. The SMILES string of the molecule is C=CCN(CC=C)CC(C)CNC1CC1. The van der Waals surface area contributed by atoms with E-state index in [1.807, 2.05) is 12.2 Å². The zero-order chi connectivity index (χ0) is 11.1. The van der Waals surface area contributed by atoms with Gasteiger partial charge in [0.25, 0.3) is 0 Å². The fourth-order valence-electron chi connectivity index (χ4n) is 1.75. The van der Waals surface area contributed by atoms with Gasteiger partial charge in [-0.1, -0.05) is 19.1 Å². The summed E-state index contributed by atoms with van der Waals surface area (Å²) < 4.78 is 0. The van der Waals surface area contributed by atoms with Gasteiger partial charge < -0.3 is 5.32 Å². The summed E-state index contributed by atoms with van der Waals surface area (Å²) >= 11 is 0. The van der Waals surface area contributed by atoms with Crippen molar-refractivity contribution in [3.05, 3.63) is 25.3 Å². The average Bonchev–Trinajstić information content (AvgIpc) is 2.99. The maximum atomic E-state index is 3.78. The first-order valence-corrected chi connectivity index (χ1v) is 5.93. The normalized spacial score (nSPS) is 17.7. The maximum Gasteiger partial charge on any atom is 0.0164 e. The Hall–Kier alpha value is -0.600. The van der Waals surface area contributed by atoms with E-state index in [1.54, 1.807) is 0 Å². The van der Waals surface area contributed by atoms with Crippen LogP contribution in [0, 0.1) is 5.92 Å². The fraction of sp³-hybridized carbons (Fsp3) is 0.692. The smallest absolute Gasteiger partial charge is 0.0164 e. The highest BCUT2D eigenvalue weighted by Crippen LogP contribution is 2.18. The Labute approximate surface area is 94.0 Å². The summed E-state index contributed by atoms with van der Waals surface area (Å²) in [5.41, 5.74) is 0. The van der Waals surface area contributed by atoms with Crippen molar-refractivity contribution in [1.82, 2.24) is 10.2 Å². The van der Waals surface area contributed by atoms with E-state index < -0.39 is 0 Å². The van der Waals surface area contributed by atoms with E-state index in [1.165, 1.54) is 12.8 Å². The average molecular weight is 208 g/mol. The monoisotopic (exact) mass is 208 g/mol. The fourth-order valence-corrected chi connectivity index (χ4v) is 1.75. The van der Waals surface area contributed by atoms with Crippen LogP contribution in [0.15, 0.2) is 25.3 Å². The van der Waals surface area contributed by atoms with Gasteiger partial charge in [0.2, 0.25) is 0 Å². The highest BCUT2D eigenvalue weighted by atomic mass is 15.1. The first-order chi connectivity index (χ1) is 7.26. The van der Waals surface area contributed by atoms with Crippen molar-refractivity contribution in [2.45, 2.75) is 25.8 Å². The molecule has 1 fully saturated rings. The van der Waals surface area contributed by atoms with E-state index in [9.17, 15) is 0 Å². The molecular formula is C13H24N2. The minimum Gasteiger partial charge on any atom is -0.314 e. The second kappa shape index (κ2) is 6.81. The molecule has 2 nitrogen and oxygen atoms in total. The standard InChI is InChI=1S/C13H24N2/c1-4-8-15(9-5-2)11-12(3)10-14-13-6-7-13/h4-5,12-14H,1-2,6-11H2,3H3. The molecule has 0 bridgehead atoms. The molecule has 2 heteroatoms. The molecular weight excluding hydrogens is 184 g/mol. The van der Waals surface area contributed by atoms with Crippen molar-refractivity contribution in [3.8, 4) is 0 Å². The molecule has 0 saturated heterocycles. The van der Waals surface area contributed by atoms with Gasteiger partial charge in [-0.2, -0.15) is 0 Å². The third kappa shape index (κ3) is 5.75. The number of hydrogen-bond donors (Lipinski definition) is 1. The third-order valence-corrected chi connectivity index (χ3v) is 2.68. The van der Waals surface area contributed by atoms with Crippen molar-refractivity contribution in [2.24, 2.45) is 5.92 Å². The van der Waals surface area contributed by atoms with Crippen LogP contribution in [-0.2, 0) is 0 Å². The van der Waals surface area contributed by atoms with Gasteiger partial charge in [0.15, 0.2) is 0 Å². The van der Waals surface area contributed by atoms with Gasteiger partial charge in [0.1, 0.15) is 0 Å². The topological polar surface area (TPSA) is 15.3 Å². The molecule has 0 aliphatic heterocycles. The second-order valence-corrected chi connectivity index (χ2v) is 4.58. The van der Waals surface area contributed by atoms with Crippen LogP contribution in [0.4, 0.5) is 0 Å². The van der Waals surface area contributed by atoms with E-state index in [2.05, 4.69) is 30.3 Å². The number of hydrogen-bond acceptors (Lipinski definition) is 2. The molecule has 86 valence electrons. The summed E-state index contributed by atoms with van der Waals surface area (Å²) in [6.45, 7) is 14.0. The Balaban J connectivity index is 2.14. The molecule has 1 N–H and O–H groups in total. The van der Waals surface area contributed by atoms with Gasteiger partial charge in [0.05, 0.1) is 0 Å². The summed E-state index contributed by atoms with van der Waals surface area (Å²) in [5.74, 6) is 0.700. The van der Waals surface area contributed by atoms with E-state index >= 15 is 0 Å². The zero-order valence-corrected chi connectivity index (χ0v) is 9.91. The molecule has 0 radical (unpaired) electrons. The Bertz CT molecular complexity index is 187. The van der Waals surface area contributed by atoms with Crippen LogP contribution in [0.1, 0.15) is 19.8 Å². The van der Waals surface area contributed by atoms with Crippen molar-refractivity contribution >= 4 is 0 Å². The van der Waals surface area contributed by atoms with Crippen LogP contribution in [0.2, 0.25) is 0 Å². The Morgan fingerprint density at radius 1 is 1.33 bits per heavy atom. The number of nitrogens with one attached hydrogen (secondary N) is 1. The lowest BCUT2D eigenvalue weighted by molar-refractivity contribution is 0.280. The molecule has 0 aromatic heterocycles. The molecule has 0 aromatic carbocycles. The summed E-state index contributed by atoms with van der Waals surface area (Å²) in [5, 5.41) is 3.57. The molecule has 0 amide bonds. The number of nitrogens with zero attached hydrogens (tertiary/aromatic N) is 1. The molecule has 1 atom stereocenters. The lowest BCUT2D eigenvalue weighted by Gasteiger charge is -2.23. The third-order valence-electron chi connectivity index (χ3n) is 2.68. The maximum absolute atomic E-state index is 3.78. The van der Waals surface area contributed by atoms with Crippen LogP contribution in [-0.4, -0.2) is 37.1 Å². The summed E-state index contributed by atoms with van der Waals surface area (Å²) in [6, 6.07) is 0.819. The zero-order valence-electron chi connectivity index (χ0n) is 9.91. The molecule has 1 saturated carbocycles. The minimum absolute atomic E-state index is 0.700. The molecule has 15 heavy (non-hydrogen) atoms. The van der Waals surface area contributed by atoms with Crippen LogP contribution in [0.25, 0.3) is 0 Å². The minimum atomic E-state index is 0.700. The highest BCUT2D eigenvalue weighted by Gasteiger charge is 2.21. The predicted octanol–water partition coefficient (Wildman–Crippen LogP) is 2.05. The van der Waals surface area contributed by atoms with Crippen molar-refractivity contribution in [1.29, 1.82) is 0 Å². The molecule has 1 aliphatic rings. The van der Waals surface area contributed by atoms with Gasteiger partial charge in [-0.3, -0.25) is 4.90 Å². The van der Waals surface area contributed by atoms with Gasteiger partial charge in [-0.25, -0.2) is 0 Å². The Morgan fingerprint density at radius 2 is 1.93 bits per heavy atom.